The normalized spacial score (nSPS) is 10.4. The van der Waals surface area contributed by atoms with Crippen LogP contribution in [0.3, 0.4) is 0 Å². The number of thiophene rings is 1. The van der Waals surface area contributed by atoms with E-state index < -0.39 is 5.97 Å². The topological polar surface area (TPSA) is 37.3 Å². The number of benzene rings is 1. The minimum atomic E-state index is -0.874. The van der Waals surface area contributed by atoms with Gasteiger partial charge in [0.05, 0.1) is 5.56 Å². The maximum atomic E-state index is 11.1. The molecule has 1 aromatic carbocycles. The minimum absolute atomic E-state index is 0.368. The summed E-state index contributed by atoms with van der Waals surface area (Å²) in [5.74, 6) is -0.874. The third kappa shape index (κ3) is 1.86. The maximum Gasteiger partial charge on any atom is 0.336 e. The fourth-order valence-corrected chi connectivity index (χ4v) is 2.45. The molecule has 16 heavy (non-hydrogen) atoms. The Hall–Kier alpha value is -1.61. The van der Waals surface area contributed by atoms with Crippen LogP contribution in [0.5, 0.6) is 0 Å². The average Bonchev–Trinajstić information content (AvgIpc) is 2.63. The van der Waals surface area contributed by atoms with Crippen LogP contribution in [0, 0.1) is 13.8 Å². The molecule has 0 bridgehead atoms. The summed E-state index contributed by atoms with van der Waals surface area (Å²) < 4.78 is 0. The van der Waals surface area contributed by atoms with Crippen molar-refractivity contribution >= 4 is 17.3 Å². The minimum Gasteiger partial charge on any atom is -0.478 e. The molecule has 0 saturated carbocycles. The Labute approximate surface area is 98.2 Å². The van der Waals surface area contributed by atoms with Crippen LogP contribution in [0.4, 0.5) is 0 Å². The van der Waals surface area contributed by atoms with E-state index in [9.17, 15) is 4.79 Å². The molecule has 1 aromatic heterocycles. The number of hydrogen-bond acceptors (Lipinski definition) is 2. The lowest BCUT2D eigenvalue weighted by Gasteiger charge is -2.06. The number of hydrogen-bond donors (Lipinski definition) is 1. The van der Waals surface area contributed by atoms with Gasteiger partial charge in [0.25, 0.3) is 0 Å². The molecular weight excluding hydrogens is 220 g/mol. The Bertz CT molecular complexity index is 541. The molecule has 0 aliphatic heterocycles. The summed E-state index contributed by atoms with van der Waals surface area (Å²) >= 11 is 1.63. The first-order valence-corrected chi connectivity index (χ1v) is 5.86. The zero-order valence-electron chi connectivity index (χ0n) is 9.15. The van der Waals surface area contributed by atoms with Crippen molar-refractivity contribution in [3.63, 3.8) is 0 Å². The van der Waals surface area contributed by atoms with Gasteiger partial charge in [-0.2, -0.15) is 0 Å². The number of carboxylic acids is 1. The fourth-order valence-electron chi connectivity index (χ4n) is 1.73. The molecule has 3 heteroatoms. The van der Waals surface area contributed by atoms with E-state index in [1.165, 1.54) is 0 Å². The molecule has 0 amide bonds. The maximum absolute atomic E-state index is 11.1. The van der Waals surface area contributed by atoms with Gasteiger partial charge in [-0.15, -0.1) is 11.3 Å². The van der Waals surface area contributed by atoms with E-state index in [2.05, 4.69) is 0 Å². The zero-order chi connectivity index (χ0) is 11.7. The lowest BCUT2D eigenvalue weighted by molar-refractivity contribution is 0.0698. The van der Waals surface area contributed by atoms with Crippen LogP contribution < -0.4 is 0 Å². The van der Waals surface area contributed by atoms with Gasteiger partial charge in [-0.25, -0.2) is 4.79 Å². The van der Waals surface area contributed by atoms with Crippen molar-refractivity contribution in [2.45, 2.75) is 13.8 Å². The molecule has 2 aromatic rings. The Kier molecular flexibility index (Phi) is 2.79. The van der Waals surface area contributed by atoms with Crippen LogP contribution in [0.2, 0.25) is 0 Å². The fraction of sp³-hybridized carbons (Fsp3) is 0.154. The number of aryl methyl sites for hydroxylation is 2. The average molecular weight is 232 g/mol. The molecule has 0 unspecified atom stereocenters. The molecule has 82 valence electrons. The number of rotatable bonds is 2. The Balaban J connectivity index is 2.67. The summed E-state index contributed by atoms with van der Waals surface area (Å²) in [5, 5.41) is 11.1. The lowest BCUT2D eigenvalue weighted by Crippen LogP contribution is -1.99. The standard InChI is InChI=1S/C13H12O2S/c1-8-3-4-11(13(14)15)12(7-8)10-5-6-16-9(10)2/h3-7H,1-2H3,(H,14,15). The summed E-state index contributed by atoms with van der Waals surface area (Å²) in [5.41, 5.74) is 3.27. The highest BCUT2D eigenvalue weighted by molar-refractivity contribution is 7.10. The van der Waals surface area contributed by atoms with Gasteiger partial charge in [-0.3, -0.25) is 0 Å². The third-order valence-corrected chi connectivity index (χ3v) is 3.40. The van der Waals surface area contributed by atoms with Crippen molar-refractivity contribution in [2.75, 3.05) is 0 Å². The predicted octanol–water partition coefficient (Wildman–Crippen LogP) is 3.73. The van der Waals surface area contributed by atoms with E-state index in [1.54, 1.807) is 17.4 Å². The number of carboxylic acid groups (broad SMARTS) is 1. The first kappa shape index (κ1) is 10.9. The van der Waals surface area contributed by atoms with Crippen molar-refractivity contribution in [2.24, 2.45) is 0 Å². The molecule has 0 fully saturated rings. The number of aromatic carboxylic acids is 1. The quantitative estimate of drug-likeness (QED) is 0.856. The van der Waals surface area contributed by atoms with Gasteiger partial charge in [0.15, 0.2) is 0 Å². The van der Waals surface area contributed by atoms with E-state index in [-0.39, 0.29) is 0 Å². The molecule has 1 N–H and O–H groups in total. The van der Waals surface area contributed by atoms with Crippen LogP contribution in [0.15, 0.2) is 29.6 Å². The number of carbonyl (C=O) groups is 1. The highest BCUT2D eigenvalue weighted by atomic mass is 32.1. The highest BCUT2D eigenvalue weighted by Gasteiger charge is 2.13. The van der Waals surface area contributed by atoms with E-state index in [1.807, 2.05) is 37.4 Å². The molecule has 0 aliphatic carbocycles. The van der Waals surface area contributed by atoms with Crippen molar-refractivity contribution in [3.8, 4) is 11.1 Å². The monoisotopic (exact) mass is 232 g/mol. The molecule has 0 atom stereocenters. The SMILES string of the molecule is Cc1ccc(C(=O)O)c(-c2ccsc2C)c1. The van der Waals surface area contributed by atoms with Gasteiger partial charge in [-0.1, -0.05) is 17.7 Å². The predicted molar refractivity (Wildman–Crippen MR) is 66.2 cm³/mol. The van der Waals surface area contributed by atoms with Gasteiger partial charge in [0.2, 0.25) is 0 Å². The third-order valence-electron chi connectivity index (χ3n) is 2.55. The molecule has 0 saturated heterocycles. The van der Waals surface area contributed by atoms with Crippen LogP contribution in [0.25, 0.3) is 11.1 Å². The summed E-state index contributed by atoms with van der Waals surface area (Å²) in [7, 11) is 0. The molecule has 0 spiro atoms. The van der Waals surface area contributed by atoms with Gasteiger partial charge < -0.3 is 5.11 Å². The molecule has 2 nitrogen and oxygen atoms in total. The second kappa shape index (κ2) is 4.10. The van der Waals surface area contributed by atoms with E-state index in [4.69, 9.17) is 5.11 Å². The first-order chi connectivity index (χ1) is 7.59. The smallest absolute Gasteiger partial charge is 0.336 e. The first-order valence-electron chi connectivity index (χ1n) is 4.98. The Morgan fingerprint density at radius 2 is 1.94 bits per heavy atom. The lowest BCUT2D eigenvalue weighted by atomic mass is 9.98. The molecular formula is C13H12O2S. The summed E-state index contributed by atoms with van der Waals surface area (Å²) in [6.45, 7) is 3.98. The van der Waals surface area contributed by atoms with Gasteiger partial charge >= 0.3 is 5.97 Å². The van der Waals surface area contributed by atoms with Gasteiger partial charge in [0.1, 0.15) is 0 Å². The van der Waals surface area contributed by atoms with Crippen molar-refractivity contribution in [3.05, 3.63) is 45.6 Å². The van der Waals surface area contributed by atoms with E-state index >= 15 is 0 Å². The highest BCUT2D eigenvalue weighted by Crippen LogP contribution is 2.31. The Morgan fingerprint density at radius 1 is 1.19 bits per heavy atom. The largest absolute Gasteiger partial charge is 0.478 e. The summed E-state index contributed by atoms with van der Waals surface area (Å²) in [6.07, 6.45) is 0. The van der Waals surface area contributed by atoms with Crippen molar-refractivity contribution in [1.29, 1.82) is 0 Å². The van der Waals surface area contributed by atoms with Crippen LogP contribution in [0.1, 0.15) is 20.8 Å². The molecule has 0 radical (unpaired) electrons. The molecule has 0 aliphatic rings. The Morgan fingerprint density at radius 3 is 2.50 bits per heavy atom. The second-order valence-corrected chi connectivity index (χ2v) is 4.86. The van der Waals surface area contributed by atoms with E-state index in [0.29, 0.717) is 5.56 Å². The van der Waals surface area contributed by atoms with Gasteiger partial charge in [0, 0.05) is 4.88 Å². The van der Waals surface area contributed by atoms with Crippen molar-refractivity contribution < 1.29 is 9.90 Å². The molecule has 1 heterocycles. The van der Waals surface area contributed by atoms with Gasteiger partial charge in [-0.05, 0) is 42.5 Å². The zero-order valence-corrected chi connectivity index (χ0v) is 9.97. The van der Waals surface area contributed by atoms with Crippen molar-refractivity contribution in [1.82, 2.24) is 0 Å². The summed E-state index contributed by atoms with van der Waals surface area (Å²) in [6, 6.07) is 7.40. The molecule has 2 rings (SSSR count). The van der Waals surface area contributed by atoms with E-state index in [0.717, 1.165) is 21.6 Å². The van der Waals surface area contributed by atoms with Crippen LogP contribution >= 0.6 is 11.3 Å². The summed E-state index contributed by atoms with van der Waals surface area (Å²) in [4.78, 5) is 12.3. The van der Waals surface area contributed by atoms with Crippen LogP contribution in [-0.4, -0.2) is 11.1 Å². The van der Waals surface area contributed by atoms with Crippen LogP contribution in [-0.2, 0) is 0 Å². The second-order valence-electron chi connectivity index (χ2n) is 3.74.